The van der Waals surface area contributed by atoms with E-state index in [1.54, 1.807) is 6.92 Å². The van der Waals surface area contributed by atoms with E-state index in [0.29, 0.717) is 23.6 Å². The molecule has 0 saturated carbocycles. The standard InChI is InChI=1S/C18H21ClFN5O/c1-10-16(15-13(20)4-3-12(19)17(15)26)22-23-18(21-10)25-8-6-11-5-7-24(2)9-14(11)25/h3-4,11,14,26H,5-9H2,1-2H3/t11-,14-/m0/s1. The predicted octanol–water partition coefficient (Wildman–Crippen LogP) is 2.88. The molecule has 0 amide bonds. The summed E-state index contributed by atoms with van der Waals surface area (Å²) in [5.41, 5.74) is 0.667. The largest absolute Gasteiger partial charge is 0.506 e. The minimum atomic E-state index is -0.603. The minimum absolute atomic E-state index is 0.0572. The number of fused-ring (bicyclic) bond motifs is 1. The van der Waals surface area contributed by atoms with Crippen molar-refractivity contribution in [3.05, 3.63) is 28.7 Å². The molecule has 1 aromatic heterocycles. The van der Waals surface area contributed by atoms with Gasteiger partial charge in [0, 0.05) is 19.1 Å². The van der Waals surface area contributed by atoms with Crippen molar-refractivity contribution in [1.29, 1.82) is 0 Å². The topological polar surface area (TPSA) is 65.4 Å². The maximum Gasteiger partial charge on any atom is 0.245 e. The molecular weight excluding hydrogens is 357 g/mol. The van der Waals surface area contributed by atoms with Gasteiger partial charge < -0.3 is 14.9 Å². The van der Waals surface area contributed by atoms with Crippen molar-refractivity contribution in [1.82, 2.24) is 20.1 Å². The fourth-order valence-corrected chi connectivity index (χ4v) is 4.22. The summed E-state index contributed by atoms with van der Waals surface area (Å²) in [6.45, 7) is 4.76. The van der Waals surface area contributed by atoms with E-state index in [1.165, 1.54) is 18.6 Å². The van der Waals surface area contributed by atoms with Crippen LogP contribution in [0.5, 0.6) is 5.75 Å². The smallest absolute Gasteiger partial charge is 0.245 e. The van der Waals surface area contributed by atoms with Crippen LogP contribution < -0.4 is 4.90 Å². The van der Waals surface area contributed by atoms with E-state index in [4.69, 9.17) is 11.6 Å². The van der Waals surface area contributed by atoms with Crippen LogP contribution in [0.3, 0.4) is 0 Å². The van der Waals surface area contributed by atoms with Gasteiger partial charge in [-0.1, -0.05) is 11.6 Å². The number of hydrogen-bond acceptors (Lipinski definition) is 6. The first-order valence-electron chi connectivity index (χ1n) is 8.79. The Hall–Kier alpha value is -1.99. The minimum Gasteiger partial charge on any atom is -0.506 e. The molecule has 0 spiro atoms. The number of benzene rings is 1. The summed E-state index contributed by atoms with van der Waals surface area (Å²) in [6.07, 6.45) is 2.32. The van der Waals surface area contributed by atoms with Crippen LogP contribution in [0, 0.1) is 18.7 Å². The molecule has 0 aliphatic carbocycles. The number of hydrogen-bond donors (Lipinski definition) is 1. The van der Waals surface area contributed by atoms with Crippen LogP contribution in [0.1, 0.15) is 18.5 Å². The number of anilines is 1. The molecule has 2 atom stereocenters. The molecule has 6 nitrogen and oxygen atoms in total. The van der Waals surface area contributed by atoms with Gasteiger partial charge in [-0.05, 0) is 51.4 Å². The van der Waals surface area contributed by atoms with Crippen LogP contribution >= 0.6 is 11.6 Å². The summed E-state index contributed by atoms with van der Waals surface area (Å²) in [5, 5.41) is 18.6. The molecule has 1 aromatic carbocycles. The zero-order chi connectivity index (χ0) is 18.4. The maximum atomic E-state index is 14.2. The van der Waals surface area contributed by atoms with E-state index >= 15 is 0 Å². The van der Waals surface area contributed by atoms with E-state index in [0.717, 1.165) is 26.1 Å². The highest BCUT2D eigenvalue weighted by molar-refractivity contribution is 6.32. The average molecular weight is 378 g/mol. The first kappa shape index (κ1) is 17.4. The summed E-state index contributed by atoms with van der Waals surface area (Å²) in [4.78, 5) is 9.11. The molecule has 1 N–H and O–H groups in total. The summed E-state index contributed by atoms with van der Waals surface area (Å²) < 4.78 is 14.2. The van der Waals surface area contributed by atoms with Crippen LogP contribution in [-0.4, -0.2) is 57.9 Å². The molecule has 2 aromatic rings. The monoisotopic (exact) mass is 377 g/mol. The number of aromatic hydroxyl groups is 1. The number of likely N-dealkylation sites (tertiary alicyclic amines) is 1. The highest BCUT2D eigenvalue weighted by Gasteiger charge is 2.39. The van der Waals surface area contributed by atoms with E-state index in [9.17, 15) is 9.50 Å². The molecular formula is C18H21ClFN5O. The molecule has 138 valence electrons. The van der Waals surface area contributed by atoms with Crippen molar-refractivity contribution >= 4 is 17.5 Å². The second-order valence-electron chi connectivity index (χ2n) is 7.16. The second kappa shape index (κ2) is 6.63. The van der Waals surface area contributed by atoms with Crippen molar-refractivity contribution in [3.8, 4) is 17.0 Å². The summed E-state index contributed by atoms with van der Waals surface area (Å²) in [7, 11) is 2.13. The Labute approximate surface area is 156 Å². The fourth-order valence-electron chi connectivity index (χ4n) is 4.06. The van der Waals surface area contributed by atoms with E-state index in [-0.39, 0.29) is 22.0 Å². The van der Waals surface area contributed by atoms with Gasteiger partial charge in [0.2, 0.25) is 5.95 Å². The van der Waals surface area contributed by atoms with Crippen LogP contribution in [0.25, 0.3) is 11.3 Å². The number of nitrogens with zero attached hydrogens (tertiary/aromatic N) is 5. The van der Waals surface area contributed by atoms with Gasteiger partial charge in [0.25, 0.3) is 0 Å². The molecule has 3 heterocycles. The first-order chi connectivity index (χ1) is 12.5. The lowest BCUT2D eigenvalue weighted by atomic mass is 9.92. The predicted molar refractivity (Wildman–Crippen MR) is 98.0 cm³/mol. The molecule has 8 heteroatoms. The van der Waals surface area contributed by atoms with Crippen LogP contribution in [0.4, 0.5) is 10.3 Å². The van der Waals surface area contributed by atoms with Gasteiger partial charge in [0.15, 0.2) is 0 Å². The number of aromatic nitrogens is 3. The lowest BCUT2D eigenvalue weighted by Crippen LogP contribution is -2.47. The number of phenols is 1. The molecule has 0 unspecified atom stereocenters. The van der Waals surface area contributed by atoms with Crippen molar-refractivity contribution in [2.24, 2.45) is 5.92 Å². The molecule has 2 aliphatic heterocycles. The van der Waals surface area contributed by atoms with Gasteiger partial charge >= 0.3 is 0 Å². The lowest BCUT2D eigenvalue weighted by Gasteiger charge is -2.36. The molecule has 0 radical (unpaired) electrons. The third kappa shape index (κ3) is 2.89. The van der Waals surface area contributed by atoms with Gasteiger partial charge in [-0.15, -0.1) is 10.2 Å². The Kier molecular flexibility index (Phi) is 4.44. The number of likely N-dealkylation sites (N-methyl/N-ethyl adjacent to an activating group) is 1. The quantitative estimate of drug-likeness (QED) is 0.868. The summed E-state index contributed by atoms with van der Waals surface area (Å²) in [6, 6.07) is 2.90. The number of halogens is 2. The highest BCUT2D eigenvalue weighted by atomic mass is 35.5. The van der Waals surface area contributed by atoms with Crippen LogP contribution in [-0.2, 0) is 0 Å². The van der Waals surface area contributed by atoms with Crippen LogP contribution in [0.2, 0.25) is 5.02 Å². The number of aryl methyl sites for hydroxylation is 1. The molecule has 26 heavy (non-hydrogen) atoms. The normalized spacial score (nSPS) is 23.3. The summed E-state index contributed by atoms with van der Waals surface area (Å²) in [5.74, 6) is 0.280. The highest BCUT2D eigenvalue weighted by Crippen LogP contribution is 2.38. The van der Waals surface area contributed by atoms with E-state index < -0.39 is 5.82 Å². The third-order valence-corrected chi connectivity index (χ3v) is 5.79. The SMILES string of the molecule is Cc1nc(N2CC[C@@H]3CCN(C)C[C@@H]32)nnc1-c1c(F)ccc(Cl)c1O. The van der Waals surface area contributed by atoms with Crippen molar-refractivity contribution in [2.75, 3.05) is 31.6 Å². The van der Waals surface area contributed by atoms with Crippen molar-refractivity contribution < 1.29 is 9.50 Å². The number of rotatable bonds is 2. The number of phenolic OH excluding ortho intramolecular Hbond substituents is 1. The van der Waals surface area contributed by atoms with Gasteiger partial charge in [-0.2, -0.15) is 0 Å². The fraction of sp³-hybridized carbons (Fsp3) is 0.500. The van der Waals surface area contributed by atoms with Gasteiger partial charge in [-0.25, -0.2) is 9.37 Å². The molecule has 2 fully saturated rings. The van der Waals surface area contributed by atoms with Crippen LogP contribution in [0.15, 0.2) is 12.1 Å². The van der Waals surface area contributed by atoms with Gasteiger partial charge in [0.05, 0.1) is 16.3 Å². The Morgan fingerprint density at radius 2 is 2.00 bits per heavy atom. The molecule has 4 rings (SSSR count). The first-order valence-corrected chi connectivity index (χ1v) is 9.17. The lowest BCUT2D eigenvalue weighted by molar-refractivity contribution is 0.207. The van der Waals surface area contributed by atoms with Gasteiger partial charge in [0.1, 0.15) is 17.3 Å². The zero-order valence-corrected chi connectivity index (χ0v) is 15.5. The zero-order valence-electron chi connectivity index (χ0n) is 14.8. The van der Waals surface area contributed by atoms with Crippen molar-refractivity contribution in [3.63, 3.8) is 0 Å². The third-order valence-electron chi connectivity index (χ3n) is 5.49. The Morgan fingerprint density at radius 1 is 1.23 bits per heavy atom. The molecule has 2 aliphatic rings. The van der Waals surface area contributed by atoms with Gasteiger partial charge in [-0.3, -0.25) is 0 Å². The Morgan fingerprint density at radius 3 is 2.77 bits per heavy atom. The Balaban J connectivity index is 1.68. The number of piperidine rings is 1. The Bertz CT molecular complexity index is 849. The van der Waals surface area contributed by atoms with E-state index in [1.807, 2.05) is 0 Å². The molecule has 2 saturated heterocycles. The van der Waals surface area contributed by atoms with E-state index in [2.05, 4.69) is 32.0 Å². The maximum absolute atomic E-state index is 14.2. The molecule has 0 bridgehead atoms. The second-order valence-corrected chi connectivity index (χ2v) is 7.57. The average Bonchev–Trinajstić information content (AvgIpc) is 3.03. The summed E-state index contributed by atoms with van der Waals surface area (Å²) >= 11 is 5.91. The van der Waals surface area contributed by atoms with Crippen molar-refractivity contribution in [2.45, 2.75) is 25.8 Å².